The van der Waals surface area contributed by atoms with E-state index in [1.165, 1.54) is 0 Å². The maximum absolute atomic E-state index is 12.3. The van der Waals surface area contributed by atoms with E-state index >= 15 is 0 Å². The van der Waals surface area contributed by atoms with Crippen LogP contribution in [0.4, 0.5) is 0 Å². The van der Waals surface area contributed by atoms with Crippen LogP contribution in [0.5, 0.6) is 0 Å². The quantitative estimate of drug-likeness (QED) is 0.794. The predicted molar refractivity (Wildman–Crippen MR) is 87.2 cm³/mol. The van der Waals surface area contributed by atoms with Gasteiger partial charge in [0.25, 0.3) is 0 Å². The topological polar surface area (TPSA) is 38.8 Å². The first-order valence-corrected chi connectivity index (χ1v) is 7.94. The molecule has 120 valence electrons. The van der Waals surface area contributed by atoms with Gasteiger partial charge < -0.3 is 4.74 Å². The molecule has 0 aliphatic carbocycles. The summed E-state index contributed by atoms with van der Waals surface area (Å²) in [5, 5.41) is 1.90. The number of carbonyl (C=O) groups excluding carboxylic acids is 1. The summed E-state index contributed by atoms with van der Waals surface area (Å²) >= 11 is 0. The SMILES string of the molecule is CCOC(=O)[C@@H]1CON(Cc2ccccc2)[C@H]1c1ccccc1. The molecule has 0 N–H and O–H groups in total. The molecule has 1 saturated heterocycles. The first-order chi connectivity index (χ1) is 11.3. The molecule has 3 rings (SSSR count). The molecule has 23 heavy (non-hydrogen) atoms. The van der Waals surface area contributed by atoms with Gasteiger partial charge in [-0.05, 0) is 18.1 Å². The van der Waals surface area contributed by atoms with Crippen LogP contribution in [0.2, 0.25) is 0 Å². The second kappa shape index (κ2) is 7.40. The molecule has 1 heterocycles. The molecule has 0 bridgehead atoms. The van der Waals surface area contributed by atoms with Gasteiger partial charge in [-0.25, -0.2) is 0 Å². The van der Waals surface area contributed by atoms with Crippen LogP contribution < -0.4 is 0 Å². The molecule has 2 aromatic carbocycles. The normalized spacial score (nSPS) is 21.3. The first kappa shape index (κ1) is 15.7. The Labute approximate surface area is 136 Å². The van der Waals surface area contributed by atoms with Gasteiger partial charge in [0.1, 0.15) is 5.92 Å². The lowest BCUT2D eigenvalue weighted by molar-refractivity contribution is -0.148. The lowest BCUT2D eigenvalue weighted by Gasteiger charge is -2.25. The van der Waals surface area contributed by atoms with E-state index in [1.807, 2.05) is 60.5 Å². The number of carbonyl (C=O) groups is 1. The molecule has 2 aromatic rings. The highest BCUT2D eigenvalue weighted by atomic mass is 16.7. The van der Waals surface area contributed by atoms with Crippen molar-refractivity contribution in [2.45, 2.75) is 19.5 Å². The molecule has 4 nitrogen and oxygen atoms in total. The van der Waals surface area contributed by atoms with E-state index in [0.717, 1.165) is 11.1 Å². The summed E-state index contributed by atoms with van der Waals surface area (Å²) < 4.78 is 5.23. The zero-order chi connectivity index (χ0) is 16.1. The summed E-state index contributed by atoms with van der Waals surface area (Å²) in [6, 6.07) is 20.0. The number of rotatable bonds is 5. The van der Waals surface area contributed by atoms with Gasteiger partial charge >= 0.3 is 5.97 Å². The Morgan fingerprint density at radius 1 is 1.13 bits per heavy atom. The molecule has 1 aliphatic rings. The van der Waals surface area contributed by atoms with Crippen LogP contribution in [0.25, 0.3) is 0 Å². The van der Waals surface area contributed by atoms with Crippen LogP contribution in [0.15, 0.2) is 60.7 Å². The average molecular weight is 311 g/mol. The minimum Gasteiger partial charge on any atom is -0.466 e. The molecule has 0 radical (unpaired) electrons. The predicted octanol–water partition coefficient (Wildman–Crippen LogP) is 3.35. The van der Waals surface area contributed by atoms with E-state index < -0.39 is 0 Å². The van der Waals surface area contributed by atoms with Gasteiger partial charge in [0, 0.05) is 6.54 Å². The number of esters is 1. The summed E-state index contributed by atoms with van der Waals surface area (Å²) in [6.07, 6.45) is 0. The van der Waals surface area contributed by atoms with Crippen molar-refractivity contribution in [1.29, 1.82) is 0 Å². The molecule has 2 atom stereocenters. The van der Waals surface area contributed by atoms with Gasteiger partial charge in [0.2, 0.25) is 0 Å². The smallest absolute Gasteiger partial charge is 0.313 e. The van der Waals surface area contributed by atoms with Crippen LogP contribution in [0.3, 0.4) is 0 Å². The summed E-state index contributed by atoms with van der Waals surface area (Å²) in [5.74, 6) is -0.502. The zero-order valence-corrected chi connectivity index (χ0v) is 13.2. The fourth-order valence-electron chi connectivity index (χ4n) is 2.95. The second-order valence-corrected chi connectivity index (χ2v) is 5.57. The van der Waals surface area contributed by atoms with Crippen LogP contribution >= 0.6 is 0 Å². The molecule has 4 heteroatoms. The van der Waals surface area contributed by atoms with Gasteiger partial charge in [-0.3, -0.25) is 9.63 Å². The highest BCUT2D eigenvalue weighted by molar-refractivity contribution is 5.74. The number of hydrogen-bond acceptors (Lipinski definition) is 4. The number of nitrogens with zero attached hydrogens (tertiary/aromatic N) is 1. The number of benzene rings is 2. The van der Waals surface area contributed by atoms with Crippen molar-refractivity contribution in [3.8, 4) is 0 Å². The van der Waals surface area contributed by atoms with Crippen molar-refractivity contribution in [2.24, 2.45) is 5.92 Å². The van der Waals surface area contributed by atoms with Gasteiger partial charge in [-0.1, -0.05) is 60.7 Å². The van der Waals surface area contributed by atoms with Crippen molar-refractivity contribution in [1.82, 2.24) is 5.06 Å². The van der Waals surface area contributed by atoms with Gasteiger partial charge in [-0.2, -0.15) is 5.06 Å². The van der Waals surface area contributed by atoms with Crippen molar-refractivity contribution in [3.05, 3.63) is 71.8 Å². The second-order valence-electron chi connectivity index (χ2n) is 5.57. The fraction of sp³-hybridized carbons (Fsp3) is 0.316. The molecule has 0 spiro atoms. The third kappa shape index (κ3) is 3.60. The van der Waals surface area contributed by atoms with Crippen molar-refractivity contribution < 1.29 is 14.4 Å². The molecule has 0 aromatic heterocycles. The maximum Gasteiger partial charge on any atom is 0.313 e. The van der Waals surface area contributed by atoms with E-state index in [1.54, 1.807) is 0 Å². The number of hydroxylamine groups is 2. The molecule has 0 unspecified atom stereocenters. The van der Waals surface area contributed by atoms with Gasteiger partial charge in [0.15, 0.2) is 0 Å². The molecule has 1 fully saturated rings. The van der Waals surface area contributed by atoms with E-state index in [4.69, 9.17) is 9.57 Å². The summed E-state index contributed by atoms with van der Waals surface area (Å²) in [4.78, 5) is 18.1. The van der Waals surface area contributed by atoms with Crippen LogP contribution in [-0.4, -0.2) is 24.2 Å². The Morgan fingerprint density at radius 2 is 1.78 bits per heavy atom. The Hall–Kier alpha value is -2.17. The molecule has 0 amide bonds. The van der Waals surface area contributed by atoms with E-state index in [9.17, 15) is 4.79 Å². The van der Waals surface area contributed by atoms with E-state index in [0.29, 0.717) is 19.8 Å². The summed E-state index contributed by atoms with van der Waals surface area (Å²) in [7, 11) is 0. The lowest BCUT2D eigenvalue weighted by atomic mass is 9.94. The maximum atomic E-state index is 12.3. The van der Waals surface area contributed by atoms with Crippen LogP contribution in [0, 0.1) is 5.92 Å². The Bertz CT molecular complexity index is 630. The Morgan fingerprint density at radius 3 is 2.43 bits per heavy atom. The fourth-order valence-corrected chi connectivity index (χ4v) is 2.95. The summed E-state index contributed by atoms with van der Waals surface area (Å²) in [5.41, 5.74) is 2.22. The van der Waals surface area contributed by atoms with Crippen molar-refractivity contribution >= 4 is 5.97 Å². The minimum absolute atomic E-state index is 0.129. The molecule has 0 saturated carbocycles. The summed E-state index contributed by atoms with van der Waals surface area (Å²) in [6.45, 7) is 3.20. The van der Waals surface area contributed by atoms with Crippen LogP contribution in [-0.2, 0) is 20.9 Å². The standard InChI is InChI=1S/C19H21NO3/c1-2-22-19(21)17-14-23-20(13-15-9-5-3-6-10-15)18(17)16-11-7-4-8-12-16/h3-12,17-18H,2,13-14H2,1H3/t17-,18+/m1/s1. The Balaban J connectivity index is 1.85. The molecular formula is C19H21NO3. The largest absolute Gasteiger partial charge is 0.466 e. The Kier molecular flexibility index (Phi) is 5.05. The first-order valence-electron chi connectivity index (χ1n) is 7.94. The number of hydrogen-bond donors (Lipinski definition) is 0. The molecular weight excluding hydrogens is 290 g/mol. The van der Waals surface area contributed by atoms with Crippen molar-refractivity contribution in [2.75, 3.05) is 13.2 Å². The lowest BCUT2D eigenvalue weighted by Crippen LogP contribution is -2.29. The third-order valence-corrected chi connectivity index (χ3v) is 4.02. The average Bonchev–Trinajstić information content (AvgIpc) is 3.00. The monoisotopic (exact) mass is 311 g/mol. The highest BCUT2D eigenvalue weighted by Crippen LogP contribution is 2.37. The van der Waals surface area contributed by atoms with Gasteiger partial charge in [0.05, 0.1) is 19.3 Å². The van der Waals surface area contributed by atoms with Gasteiger partial charge in [-0.15, -0.1) is 0 Å². The van der Waals surface area contributed by atoms with E-state index in [-0.39, 0.29) is 17.9 Å². The van der Waals surface area contributed by atoms with Crippen molar-refractivity contribution in [3.63, 3.8) is 0 Å². The third-order valence-electron chi connectivity index (χ3n) is 4.02. The molecule has 1 aliphatic heterocycles. The number of ether oxygens (including phenoxy) is 1. The zero-order valence-electron chi connectivity index (χ0n) is 13.2. The minimum atomic E-state index is -0.305. The van der Waals surface area contributed by atoms with Crippen LogP contribution in [0.1, 0.15) is 24.1 Å². The highest BCUT2D eigenvalue weighted by Gasteiger charge is 2.42. The van der Waals surface area contributed by atoms with E-state index in [2.05, 4.69) is 12.1 Å².